The van der Waals surface area contributed by atoms with Crippen molar-refractivity contribution in [2.45, 2.75) is 13.5 Å². The molecule has 0 radical (unpaired) electrons. The van der Waals surface area contributed by atoms with Gasteiger partial charge in [0, 0.05) is 35.8 Å². The Morgan fingerprint density at radius 3 is 2.96 bits per heavy atom. The molecule has 7 heteroatoms. The van der Waals surface area contributed by atoms with Crippen LogP contribution in [0.1, 0.15) is 12.6 Å². The number of hydrogen-bond acceptors (Lipinski definition) is 4. The SMILES string of the molecule is CC(=O)NCc1cc2c(N)nc3cc(-n4cccn4)ccc3c2[nH]1. The molecule has 0 fully saturated rings. The number of H-pyrrole nitrogens is 1. The van der Waals surface area contributed by atoms with Gasteiger partial charge < -0.3 is 16.0 Å². The lowest BCUT2D eigenvalue weighted by atomic mass is 10.1. The van der Waals surface area contributed by atoms with E-state index in [1.165, 1.54) is 6.92 Å². The van der Waals surface area contributed by atoms with E-state index in [9.17, 15) is 4.79 Å². The maximum atomic E-state index is 11.1. The van der Waals surface area contributed by atoms with Crippen LogP contribution in [-0.4, -0.2) is 25.7 Å². The molecular formula is C17H16N6O. The summed E-state index contributed by atoms with van der Waals surface area (Å²) in [6, 6.07) is 9.73. The fourth-order valence-corrected chi connectivity index (χ4v) is 2.82. The molecule has 4 rings (SSSR count). The summed E-state index contributed by atoms with van der Waals surface area (Å²) in [5, 5.41) is 8.84. The monoisotopic (exact) mass is 320 g/mol. The second-order valence-corrected chi connectivity index (χ2v) is 5.64. The Kier molecular flexibility index (Phi) is 3.19. The number of nitrogens with two attached hydrogens (primary N) is 1. The van der Waals surface area contributed by atoms with E-state index in [2.05, 4.69) is 20.4 Å². The smallest absolute Gasteiger partial charge is 0.217 e. The minimum absolute atomic E-state index is 0.0755. The minimum Gasteiger partial charge on any atom is -0.383 e. The van der Waals surface area contributed by atoms with E-state index in [1.807, 2.05) is 36.5 Å². The number of nitrogen functional groups attached to an aromatic ring is 1. The Hall–Kier alpha value is -3.35. The summed E-state index contributed by atoms with van der Waals surface area (Å²) < 4.78 is 1.78. The molecular weight excluding hydrogens is 304 g/mol. The number of fused-ring (bicyclic) bond motifs is 3. The Morgan fingerprint density at radius 2 is 2.21 bits per heavy atom. The van der Waals surface area contributed by atoms with E-state index in [0.29, 0.717) is 12.4 Å². The average molecular weight is 320 g/mol. The van der Waals surface area contributed by atoms with Crippen LogP contribution in [0.5, 0.6) is 0 Å². The lowest BCUT2D eigenvalue weighted by Gasteiger charge is -2.06. The van der Waals surface area contributed by atoms with E-state index in [0.717, 1.165) is 33.2 Å². The number of nitrogens with one attached hydrogen (secondary N) is 2. The summed E-state index contributed by atoms with van der Waals surface area (Å²) in [5.74, 6) is 0.383. The molecule has 4 N–H and O–H groups in total. The molecule has 1 aromatic carbocycles. The Morgan fingerprint density at radius 1 is 1.33 bits per heavy atom. The first-order valence-corrected chi connectivity index (χ1v) is 7.57. The van der Waals surface area contributed by atoms with Crippen molar-refractivity contribution in [2.24, 2.45) is 0 Å². The van der Waals surface area contributed by atoms with Gasteiger partial charge in [-0.2, -0.15) is 5.10 Å². The molecule has 3 aromatic heterocycles. The lowest BCUT2D eigenvalue weighted by Crippen LogP contribution is -2.18. The highest BCUT2D eigenvalue weighted by Gasteiger charge is 2.11. The molecule has 0 unspecified atom stereocenters. The molecule has 4 aromatic rings. The Bertz CT molecular complexity index is 1050. The van der Waals surface area contributed by atoms with Gasteiger partial charge in [0.25, 0.3) is 0 Å². The van der Waals surface area contributed by atoms with Crippen molar-refractivity contribution >= 4 is 33.5 Å². The number of carbonyl (C=O) groups excluding carboxylic acids is 1. The topological polar surface area (TPSA) is 102 Å². The molecule has 0 spiro atoms. The quantitative estimate of drug-likeness (QED) is 0.538. The van der Waals surface area contributed by atoms with Gasteiger partial charge in [-0.3, -0.25) is 4.79 Å². The van der Waals surface area contributed by atoms with Gasteiger partial charge in [0.05, 0.1) is 23.3 Å². The number of carbonyl (C=O) groups is 1. The molecule has 3 heterocycles. The molecule has 0 aliphatic rings. The van der Waals surface area contributed by atoms with E-state index >= 15 is 0 Å². The number of aromatic amines is 1. The van der Waals surface area contributed by atoms with Crippen molar-refractivity contribution in [1.82, 2.24) is 25.1 Å². The third-order valence-electron chi connectivity index (χ3n) is 3.94. The first-order valence-electron chi connectivity index (χ1n) is 7.57. The third kappa shape index (κ3) is 2.36. The fraction of sp³-hybridized carbons (Fsp3) is 0.118. The summed E-state index contributed by atoms with van der Waals surface area (Å²) in [4.78, 5) is 18.9. The number of rotatable bonds is 3. The number of anilines is 1. The van der Waals surface area contributed by atoms with Gasteiger partial charge >= 0.3 is 0 Å². The van der Waals surface area contributed by atoms with Crippen molar-refractivity contribution in [2.75, 3.05) is 5.73 Å². The van der Waals surface area contributed by atoms with E-state index in [-0.39, 0.29) is 5.91 Å². The van der Waals surface area contributed by atoms with Crippen molar-refractivity contribution in [3.05, 3.63) is 48.4 Å². The van der Waals surface area contributed by atoms with Gasteiger partial charge in [-0.25, -0.2) is 9.67 Å². The highest BCUT2D eigenvalue weighted by Crippen LogP contribution is 2.29. The number of aromatic nitrogens is 4. The predicted octanol–water partition coefficient (Wildman–Crippen LogP) is 2.12. The van der Waals surface area contributed by atoms with Gasteiger partial charge in [0.2, 0.25) is 5.91 Å². The van der Waals surface area contributed by atoms with Crippen molar-refractivity contribution in [3.63, 3.8) is 0 Å². The highest BCUT2D eigenvalue weighted by molar-refractivity contribution is 6.08. The van der Waals surface area contributed by atoms with Crippen molar-refractivity contribution in [3.8, 4) is 5.69 Å². The van der Waals surface area contributed by atoms with Crippen LogP contribution in [0.25, 0.3) is 27.5 Å². The normalized spacial score (nSPS) is 11.2. The minimum atomic E-state index is -0.0755. The summed E-state index contributed by atoms with van der Waals surface area (Å²) >= 11 is 0. The Labute approximate surface area is 137 Å². The zero-order valence-electron chi connectivity index (χ0n) is 13.1. The third-order valence-corrected chi connectivity index (χ3v) is 3.94. The molecule has 1 amide bonds. The zero-order chi connectivity index (χ0) is 16.7. The lowest BCUT2D eigenvalue weighted by molar-refractivity contribution is -0.119. The van der Waals surface area contributed by atoms with Gasteiger partial charge in [0.15, 0.2) is 0 Å². The molecule has 7 nitrogen and oxygen atoms in total. The first kappa shape index (κ1) is 14.3. The number of amides is 1. The van der Waals surface area contributed by atoms with Crippen LogP contribution < -0.4 is 11.1 Å². The maximum absolute atomic E-state index is 11.1. The average Bonchev–Trinajstić information content (AvgIpc) is 3.22. The summed E-state index contributed by atoms with van der Waals surface area (Å²) in [6.07, 6.45) is 3.61. The summed E-state index contributed by atoms with van der Waals surface area (Å²) in [7, 11) is 0. The second-order valence-electron chi connectivity index (χ2n) is 5.64. The van der Waals surface area contributed by atoms with Crippen LogP contribution in [0.3, 0.4) is 0 Å². The van der Waals surface area contributed by atoms with Crippen LogP contribution >= 0.6 is 0 Å². The molecule has 0 aliphatic heterocycles. The predicted molar refractivity (Wildman–Crippen MR) is 92.7 cm³/mol. The van der Waals surface area contributed by atoms with Gasteiger partial charge in [-0.15, -0.1) is 0 Å². The van der Waals surface area contributed by atoms with Crippen LogP contribution in [0.15, 0.2) is 42.7 Å². The molecule has 0 saturated carbocycles. The number of benzene rings is 1. The van der Waals surface area contributed by atoms with Crippen molar-refractivity contribution in [1.29, 1.82) is 0 Å². The maximum Gasteiger partial charge on any atom is 0.217 e. The highest BCUT2D eigenvalue weighted by atomic mass is 16.1. The van der Waals surface area contributed by atoms with Crippen molar-refractivity contribution < 1.29 is 4.79 Å². The number of pyridine rings is 1. The summed E-state index contributed by atoms with van der Waals surface area (Å²) in [6.45, 7) is 1.92. The Balaban J connectivity index is 1.85. The van der Waals surface area contributed by atoms with Gasteiger partial charge in [-0.1, -0.05) is 0 Å². The van der Waals surface area contributed by atoms with Crippen LogP contribution in [0, 0.1) is 0 Å². The largest absolute Gasteiger partial charge is 0.383 e. The molecule has 0 saturated heterocycles. The first-order chi connectivity index (χ1) is 11.6. The fourth-order valence-electron chi connectivity index (χ4n) is 2.82. The number of nitrogens with zero attached hydrogens (tertiary/aromatic N) is 3. The van der Waals surface area contributed by atoms with E-state index in [4.69, 9.17) is 5.73 Å². The van der Waals surface area contributed by atoms with E-state index < -0.39 is 0 Å². The van der Waals surface area contributed by atoms with Crippen LogP contribution in [0.2, 0.25) is 0 Å². The summed E-state index contributed by atoms with van der Waals surface area (Å²) in [5.41, 5.74) is 9.64. The van der Waals surface area contributed by atoms with Gasteiger partial charge in [-0.05, 0) is 30.3 Å². The van der Waals surface area contributed by atoms with E-state index in [1.54, 1.807) is 10.9 Å². The molecule has 0 aliphatic carbocycles. The second kappa shape index (κ2) is 5.38. The van der Waals surface area contributed by atoms with Gasteiger partial charge in [0.1, 0.15) is 5.82 Å². The van der Waals surface area contributed by atoms with Crippen LogP contribution in [-0.2, 0) is 11.3 Å². The standard InChI is InChI=1S/C17H16N6O/c1-10(24)19-9-11-7-14-16(21-11)13-4-3-12(23-6-2-5-20-23)8-15(13)22-17(14)18/h2-8,21H,9H2,1H3,(H2,18,22)(H,19,24). The zero-order valence-corrected chi connectivity index (χ0v) is 13.1. The molecule has 0 bridgehead atoms. The van der Waals surface area contributed by atoms with Crippen LogP contribution in [0.4, 0.5) is 5.82 Å². The molecule has 0 atom stereocenters. The number of hydrogen-bond donors (Lipinski definition) is 3. The molecule has 24 heavy (non-hydrogen) atoms. The molecule has 120 valence electrons.